The summed E-state index contributed by atoms with van der Waals surface area (Å²) in [7, 11) is 2.12. The minimum absolute atomic E-state index is 0.580. The molecule has 0 aromatic carbocycles. The predicted octanol–water partition coefficient (Wildman–Crippen LogP) is 2.16. The monoisotopic (exact) mass is 260 g/mol. The molecule has 0 amide bonds. The zero-order valence-electron chi connectivity index (χ0n) is 11.5. The zero-order chi connectivity index (χ0) is 13.2. The molecule has 6 nitrogen and oxygen atoms in total. The second kappa shape index (κ2) is 5.03. The largest absolute Gasteiger partial charge is 0.355 e. The van der Waals surface area contributed by atoms with Gasteiger partial charge >= 0.3 is 0 Å². The van der Waals surface area contributed by atoms with Crippen LogP contribution in [0.1, 0.15) is 32.6 Å². The van der Waals surface area contributed by atoms with Crippen LogP contribution in [0.25, 0.3) is 11.2 Å². The topological polar surface area (TPSA) is 69.7 Å². The van der Waals surface area contributed by atoms with Crippen molar-refractivity contribution in [3.63, 3.8) is 0 Å². The van der Waals surface area contributed by atoms with E-state index in [4.69, 9.17) is 0 Å². The first kappa shape index (κ1) is 12.2. The van der Waals surface area contributed by atoms with Crippen molar-refractivity contribution >= 4 is 22.9 Å². The van der Waals surface area contributed by atoms with E-state index in [1.807, 2.05) is 6.92 Å². The quantitative estimate of drug-likeness (QED) is 0.881. The Morgan fingerprint density at radius 3 is 2.89 bits per heavy atom. The maximum Gasteiger partial charge on any atom is 0.226 e. The van der Waals surface area contributed by atoms with E-state index in [0.29, 0.717) is 12.0 Å². The number of nitrogens with zero attached hydrogens (tertiary/aromatic N) is 4. The van der Waals surface area contributed by atoms with Gasteiger partial charge in [-0.3, -0.25) is 0 Å². The number of rotatable bonds is 4. The molecule has 6 heteroatoms. The first-order valence-electron chi connectivity index (χ1n) is 6.97. The van der Waals surface area contributed by atoms with E-state index in [1.54, 1.807) is 6.33 Å². The van der Waals surface area contributed by atoms with Crippen molar-refractivity contribution < 1.29 is 0 Å². The van der Waals surface area contributed by atoms with Crippen LogP contribution in [0.15, 0.2) is 6.33 Å². The number of anilines is 2. The molecule has 0 aliphatic heterocycles. The number of imidazole rings is 1. The van der Waals surface area contributed by atoms with Crippen LogP contribution >= 0.6 is 0 Å². The predicted molar refractivity (Wildman–Crippen MR) is 76.5 cm³/mol. The summed E-state index contributed by atoms with van der Waals surface area (Å²) in [6.07, 6.45) is 6.79. The molecule has 2 N–H and O–H groups in total. The van der Waals surface area contributed by atoms with Crippen LogP contribution in [0.4, 0.5) is 11.8 Å². The van der Waals surface area contributed by atoms with Crippen LogP contribution in [0.2, 0.25) is 0 Å². The average molecular weight is 260 g/mol. The highest BCUT2D eigenvalue weighted by Gasteiger charge is 2.23. The van der Waals surface area contributed by atoms with Crippen LogP contribution in [0.5, 0.6) is 0 Å². The summed E-state index contributed by atoms with van der Waals surface area (Å²) in [4.78, 5) is 18.7. The fraction of sp³-hybridized carbons (Fsp3) is 0.615. The molecule has 0 spiro atoms. The molecule has 19 heavy (non-hydrogen) atoms. The van der Waals surface area contributed by atoms with Gasteiger partial charge in [-0.1, -0.05) is 12.8 Å². The molecule has 0 radical (unpaired) electrons. The Kier molecular flexibility index (Phi) is 3.23. The molecule has 0 saturated heterocycles. The third-order valence-corrected chi connectivity index (χ3v) is 3.81. The summed E-state index contributed by atoms with van der Waals surface area (Å²) >= 11 is 0. The van der Waals surface area contributed by atoms with Gasteiger partial charge in [-0.05, 0) is 19.8 Å². The Morgan fingerprint density at radius 1 is 1.37 bits per heavy atom. The summed E-state index contributed by atoms with van der Waals surface area (Å²) < 4.78 is 0. The summed E-state index contributed by atoms with van der Waals surface area (Å²) in [6.45, 7) is 2.85. The summed E-state index contributed by atoms with van der Waals surface area (Å²) in [5.74, 6) is 1.60. The number of aromatic nitrogens is 4. The van der Waals surface area contributed by atoms with Crippen molar-refractivity contribution in [2.75, 3.05) is 23.8 Å². The standard InChI is InChI=1S/C13H20N6/c1-3-14-13-17-11-10(15-8-16-11)12(18-13)19(2)9-6-4-5-7-9/h8-9H,3-7H2,1-2H3,(H2,14,15,16,17,18). The van der Waals surface area contributed by atoms with E-state index in [9.17, 15) is 0 Å². The third kappa shape index (κ3) is 2.22. The summed E-state index contributed by atoms with van der Waals surface area (Å²) in [5, 5.41) is 3.17. The van der Waals surface area contributed by atoms with Crippen LogP contribution in [-0.4, -0.2) is 39.6 Å². The van der Waals surface area contributed by atoms with Gasteiger partial charge in [0.1, 0.15) is 5.52 Å². The normalized spacial score (nSPS) is 16.1. The lowest BCUT2D eigenvalue weighted by molar-refractivity contribution is 0.648. The summed E-state index contributed by atoms with van der Waals surface area (Å²) in [6, 6.07) is 0.580. The van der Waals surface area contributed by atoms with Gasteiger partial charge < -0.3 is 15.2 Å². The number of aromatic amines is 1. The van der Waals surface area contributed by atoms with Gasteiger partial charge in [0.05, 0.1) is 6.33 Å². The van der Waals surface area contributed by atoms with Gasteiger partial charge in [0.25, 0.3) is 0 Å². The SMILES string of the molecule is CCNc1nc(N(C)C2CCCC2)c2[nH]cnc2n1. The highest BCUT2D eigenvalue weighted by Crippen LogP contribution is 2.29. The molecular weight excluding hydrogens is 240 g/mol. The van der Waals surface area contributed by atoms with E-state index < -0.39 is 0 Å². The molecule has 1 saturated carbocycles. The van der Waals surface area contributed by atoms with Crippen LogP contribution in [0, 0.1) is 0 Å². The van der Waals surface area contributed by atoms with Crippen LogP contribution < -0.4 is 10.2 Å². The van der Waals surface area contributed by atoms with E-state index in [-0.39, 0.29) is 0 Å². The second-order valence-corrected chi connectivity index (χ2v) is 5.05. The minimum Gasteiger partial charge on any atom is -0.355 e. The molecule has 0 bridgehead atoms. The Bertz CT molecular complexity index is 557. The summed E-state index contributed by atoms with van der Waals surface area (Å²) in [5.41, 5.74) is 1.65. The van der Waals surface area contributed by atoms with Gasteiger partial charge in [-0.15, -0.1) is 0 Å². The molecule has 2 heterocycles. The van der Waals surface area contributed by atoms with Crippen LogP contribution in [-0.2, 0) is 0 Å². The van der Waals surface area contributed by atoms with Gasteiger partial charge in [0.2, 0.25) is 5.95 Å². The zero-order valence-corrected chi connectivity index (χ0v) is 11.5. The molecule has 1 aliphatic rings. The lowest BCUT2D eigenvalue weighted by Gasteiger charge is -2.25. The highest BCUT2D eigenvalue weighted by molar-refractivity contribution is 5.84. The average Bonchev–Trinajstić information content (AvgIpc) is 3.08. The number of hydrogen-bond acceptors (Lipinski definition) is 5. The van der Waals surface area contributed by atoms with Crippen molar-refractivity contribution in [2.45, 2.75) is 38.6 Å². The van der Waals surface area contributed by atoms with Crippen molar-refractivity contribution in [3.05, 3.63) is 6.33 Å². The van der Waals surface area contributed by atoms with E-state index in [2.05, 4.69) is 37.2 Å². The lowest BCUT2D eigenvalue weighted by Crippen LogP contribution is -2.30. The van der Waals surface area contributed by atoms with E-state index in [0.717, 1.165) is 23.5 Å². The Morgan fingerprint density at radius 2 is 2.16 bits per heavy atom. The highest BCUT2D eigenvalue weighted by atomic mass is 15.3. The van der Waals surface area contributed by atoms with Gasteiger partial charge in [0.15, 0.2) is 11.5 Å². The number of fused-ring (bicyclic) bond motifs is 1. The first-order chi connectivity index (χ1) is 9.29. The molecule has 0 atom stereocenters. The first-order valence-corrected chi connectivity index (χ1v) is 6.97. The van der Waals surface area contributed by atoms with Crippen molar-refractivity contribution in [3.8, 4) is 0 Å². The van der Waals surface area contributed by atoms with Crippen molar-refractivity contribution in [2.24, 2.45) is 0 Å². The van der Waals surface area contributed by atoms with Crippen LogP contribution in [0.3, 0.4) is 0 Å². The van der Waals surface area contributed by atoms with Gasteiger partial charge in [-0.2, -0.15) is 9.97 Å². The Labute approximate surface area is 112 Å². The van der Waals surface area contributed by atoms with Crippen molar-refractivity contribution in [1.82, 2.24) is 19.9 Å². The fourth-order valence-corrected chi connectivity index (χ4v) is 2.77. The molecule has 3 rings (SSSR count). The maximum atomic E-state index is 4.64. The third-order valence-electron chi connectivity index (χ3n) is 3.81. The Balaban J connectivity index is 2.01. The van der Waals surface area contributed by atoms with Gasteiger partial charge in [0, 0.05) is 19.6 Å². The molecular formula is C13H20N6. The van der Waals surface area contributed by atoms with Crippen molar-refractivity contribution in [1.29, 1.82) is 0 Å². The Hall–Kier alpha value is -1.85. The second-order valence-electron chi connectivity index (χ2n) is 5.05. The number of H-pyrrole nitrogens is 1. The molecule has 1 aliphatic carbocycles. The van der Waals surface area contributed by atoms with Gasteiger partial charge in [-0.25, -0.2) is 4.98 Å². The minimum atomic E-state index is 0.580. The molecule has 0 unspecified atom stereocenters. The fourth-order valence-electron chi connectivity index (χ4n) is 2.77. The van der Waals surface area contributed by atoms with E-state index in [1.165, 1.54) is 25.7 Å². The molecule has 2 aromatic rings. The smallest absolute Gasteiger partial charge is 0.226 e. The number of nitrogens with one attached hydrogen (secondary N) is 2. The number of hydrogen-bond donors (Lipinski definition) is 2. The molecule has 102 valence electrons. The molecule has 2 aromatic heterocycles. The van der Waals surface area contributed by atoms with E-state index >= 15 is 0 Å². The lowest BCUT2D eigenvalue weighted by atomic mass is 10.2. The molecule has 1 fully saturated rings. The maximum absolute atomic E-state index is 4.64.